The molecule has 28 heavy (non-hydrogen) atoms. The number of hydrogen-bond donors (Lipinski definition) is 2. The second-order valence-electron chi connectivity index (χ2n) is 5.53. The van der Waals surface area contributed by atoms with Gasteiger partial charge in [-0.15, -0.1) is 0 Å². The van der Waals surface area contributed by atoms with Crippen molar-refractivity contribution in [1.29, 1.82) is 5.53 Å². The minimum Gasteiger partial charge on any atom is -0.464 e. The third-order valence-corrected chi connectivity index (χ3v) is 3.31. The summed E-state index contributed by atoms with van der Waals surface area (Å²) >= 11 is 0. The highest BCUT2D eigenvalue weighted by Gasteiger charge is 2.24. The van der Waals surface area contributed by atoms with Gasteiger partial charge in [0.25, 0.3) is 0 Å². The molecule has 0 unspecified atom stereocenters. The molecule has 1 amide bonds. The SMILES string of the molecule is CCOC(=O)[C@H](CCC(=O)C=[N+]=N)NC(=O)OCc1ccc(OC(C)=O)cc1. The lowest BCUT2D eigenvalue weighted by atomic mass is 10.1. The summed E-state index contributed by atoms with van der Waals surface area (Å²) < 4.78 is 14.8. The number of ether oxygens (including phenoxy) is 3. The Kier molecular flexibility index (Phi) is 9.63. The molecule has 0 saturated heterocycles. The number of nitrogens with one attached hydrogen (secondary N) is 2. The number of carbonyl (C=O) groups is 4. The van der Waals surface area contributed by atoms with Crippen LogP contribution < -0.4 is 10.1 Å². The Bertz CT molecular complexity index is 755. The van der Waals surface area contributed by atoms with E-state index in [9.17, 15) is 19.2 Å². The van der Waals surface area contributed by atoms with Crippen LogP contribution in [0, 0.1) is 5.53 Å². The topological polar surface area (TPSA) is 146 Å². The number of benzene rings is 1. The predicted molar refractivity (Wildman–Crippen MR) is 94.8 cm³/mol. The van der Waals surface area contributed by atoms with Crippen LogP contribution in [0.4, 0.5) is 4.79 Å². The van der Waals surface area contributed by atoms with Gasteiger partial charge in [-0.25, -0.2) is 9.59 Å². The van der Waals surface area contributed by atoms with Gasteiger partial charge in [0.05, 0.1) is 16.9 Å². The van der Waals surface area contributed by atoms with E-state index in [0.717, 1.165) is 6.21 Å². The van der Waals surface area contributed by atoms with E-state index in [1.165, 1.54) is 6.92 Å². The molecule has 0 aliphatic heterocycles. The van der Waals surface area contributed by atoms with Crippen LogP contribution in [-0.4, -0.2) is 47.5 Å². The lowest BCUT2D eigenvalue weighted by Gasteiger charge is -2.16. The fraction of sp³-hybridized carbons (Fsp3) is 0.389. The molecule has 10 heteroatoms. The maximum atomic E-state index is 12.0. The van der Waals surface area contributed by atoms with E-state index in [4.69, 9.17) is 19.7 Å². The standard InChI is InChI=1S/C18H21N3O7/c1-3-26-17(24)16(9-6-14(23)10-20-19)21-18(25)27-11-13-4-7-15(8-5-13)28-12(2)22/h4-5,7-8,10,16,19H,3,6,9,11H2,1-2H3/p+1/t16-/m0/s1. The molecule has 0 bridgehead atoms. The van der Waals surface area contributed by atoms with Crippen molar-refractivity contribution in [2.75, 3.05) is 6.61 Å². The van der Waals surface area contributed by atoms with Crippen LogP contribution in [0.1, 0.15) is 32.3 Å². The molecular formula is C18H22N3O7+. The van der Waals surface area contributed by atoms with Gasteiger partial charge in [-0.05, 0) is 31.0 Å². The molecule has 0 aliphatic carbocycles. The number of esters is 2. The Hall–Kier alpha value is -3.52. The molecule has 1 aromatic rings. The van der Waals surface area contributed by atoms with Crippen LogP contribution in [0.2, 0.25) is 0 Å². The van der Waals surface area contributed by atoms with Gasteiger partial charge < -0.3 is 19.5 Å². The molecule has 0 fully saturated rings. The zero-order valence-corrected chi connectivity index (χ0v) is 15.6. The van der Waals surface area contributed by atoms with Crippen molar-refractivity contribution in [2.45, 2.75) is 39.3 Å². The quantitative estimate of drug-likeness (QED) is 0.201. The van der Waals surface area contributed by atoms with E-state index < -0.39 is 29.9 Å². The molecule has 1 rings (SSSR count). The summed E-state index contributed by atoms with van der Waals surface area (Å²) in [5, 5.41) is 2.36. The van der Waals surface area contributed by atoms with E-state index >= 15 is 0 Å². The number of nitrogens with zero attached hydrogens (tertiary/aromatic N) is 1. The van der Waals surface area contributed by atoms with Crippen LogP contribution in [-0.2, 0) is 30.5 Å². The summed E-state index contributed by atoms with van der Waals surface area (Å²) in [5.74, 6) is -1.22. The third-order valence-electron chi connectivity index (χ3n) is 3.31. The minimum absolute atomic E-state index is 0.0180. The van der Waals surface area contributed by atoms with E-state index in [2.05, 4.69) is 10.1 Å². The van der Waals surface area contributed by atoms with Crippen molar-refractivity contribution in [2.24, 2.45) is 0 Å². The van der Waals surface area contributed by atoms with Crippen LogP contribution >= 0.6 is 0 Å². The highest BCUT2D eigenvalue weighted by Crippen LogP contribution is 2.13. The zero-order chi connectivity index (χ0) is 20.9. The van der Waals surface area contributed by atoms with Crippen LogP contribution in [0.25, 0.3) is 0 Å². The first kappa shape index (κ1) is 22.5. The number of hydrogen-bond acceptors (Lipinski definition) is 8. The van der Waals surface area contributed by atoms with Gasteiger partial charge in [0.1, 0.15) is 18.4 Å². The smallest absolute Gasteiger partial charge is 0.408 e. The molecule has 0 aromatic heterocycles. The molecule has 0 radical (unpaired) electrons. The largest absolute Gasteiger partial charge is 0.464 e. The highest BCUT2D eigenvalue weighted by atomic mass is 16.6. The van der Waals surface area contributed by atoms with Crippen LogP contribution in [0.3, 0.4) is 0 Å². The minimum atomic E-state index is -1.07. The molecule has 1 aromatic carbocycles. The van der Waals surface area contributed by atoms with Gasteiger partial charge in [-0.3, -0.25) is 9.59 Å². The second kappa shape index (κ2) is 12.0. The molecule has 2 N–H and O–H groups in total. The van der Waals surface area contributed by atoms with E-state index in [1.807, 2.05) is 0 Å². The summed E-state index contributed by atoms with van der Waals surface area (Å²) in [5.41, 5.74) is 7.25. The average molecular weight is 392 g/mol. The summed E-state index contributed by atoms with van der Waals surface area (Å²) in [6.07, 6.45) is -0.150. The maximum absolute atomic E-state index is 12.0. The second-order valence-corrected chi connectivity index (χ2v) is 5.53. The van der Waals surface area contributed by atoms with Gasteiger partial charge >= 0.3 is 24.2 Å². The Morgan fingerprint density at radius 1 is 1.18 bits per heavy atom. The number of carbonyl (C=O) groups excluding carboxylic acids is 4. The van der Waals surface area contributed by atoms with Crippen molar-refractivity contribution in [3.63, 3.8) is 0 Å². The number of alkyl carbamates (subject to hydrolysis) is 1. The first-order chi connectivity index (χ1) is 13.3. The number of amides is 1. The predicted octanol–water partition coefficient (Wildman–Crippen LogP) is 1.43. The fourth-order valence-corrected chi connectivity index (χ4v) is 2.07. The Morgan fingerprint density at radius 3 is 2.43 bits per heavy atom. The molecule has 10 nitrogen and oxygen atoms in total. The van der Waals surface area contributed by atoms with E-state index in [-0.39, 0.29) is 26.1 Å². The van der Waals surface area contributed by atoms with Crippen molar-refractivity contribution in [3.8, 4) is 5.75 Å². The van der Waals surface area contributed by atoms with Crippen molar-refractivity contribution in [1.82, 2.24) is 5.32 Å². The van der Waals surface area contributed by atoms with E-state index in [0.29, 0.717) is 11.3 Å². The molecule has 0 saturated carbocycles. The highest BCUT2D eigenvalue weighted by molar-refractivity contribution is 6.25. The molecular weight excluding hydrogens is 370 g/mol. The Balaban J connectivity index is 2.58. The lowest BCUT2D eigenvalue weighted by Crippen LogP contribution is -2.42. The first-order valence-electron chi connectivity index (χ1n) is 8.45. The molecule has 0 aliphatic rings. The van der Waals surface area contributed by atoms with E-state index in [1.54, 1.807) is 31.2 Å². The van der Waals surface area contributed by atoms with Gasteiger partial charge in [0, 0.05) is 13.3 Å². The van der Waals surface area contributed by atoms with Crippen molar-refractivity contribution < 1.29 is 38.2 Å². The summed E-state index contributed by atoms with van der Waals surface area (Å²) in [7, 11) is 0. The summed E-state index contributed by atoms with van der Waals surface area (Å²) in [4.78, 5) is 49.1. The Labute approximate surface area is 161 Å². The first-order valence-corrected chi connectivity index (χ1v) is 8.45. The molecule has 150 valence electrons. The lowest BCUT2D eigenvalue weighted by molar-refractivity contribution is -0.146. The maximum Gasteiger partial charge on any atom is 0.408 e. The average Bonchev–Trinajstić information content (AvgIpc) is 2.64. The normalized spacial score (nSPS) is 10.8. The zero-order valence-electron chi connectivity index (χ0n) is 15.6. The van der Waals surface area contributed by atoms with Crippen LogP contribution in [0.15, 0.2) is 24.3 Å². The van der Waals surface area contributed by atoms with Crippen LogP contribution in [0.5, 0.6) is 5.75 Å². The third kappa shape index (κ3) is 8.72. The van der Waals surface area contributed by atoms with Gasteiger partial charge in [0.2, 0.25) is 5.78 Å². The number of rotatable bonds is 10. The molecule has 1 atom stereocenters. The Morgan fingerprint density at radius 2 is 1.86 bits per heavy atom. The fourth-order valence-electron chi connectivity index (χ4n) is 2.07. The van der Waals surface area contributed by atoms with Gasteiger partial charge in [0.15, 0.2) is 0 Å². The van der Waals surface area contributed by atoms with Crippen molar-refractivity contribution in [3.05, 3.63) is 29.8 Å². The molecule has 0 heterocycles. The molecule has 0 spiro atoms. The van der Waals surface area contributed by atoms with Crippen molar-refractivity contribution >= 4 is 30.0 Å². The monoisotopic (exact) mass is 392 g/mol. The number of ketones is 1. The summed E-state index contributed by atoms with van der Waals surface area (Å²) in [6.45, 7) is 2.94. The number of Topliss-reactive ketones (excluding diaryl/α,β-unsaturated/α-hetero) is 1. The van der Waals surface area contributed by atoms with Gasteiger partial charge in [-0.1, -0.05) is 12.1 Å². The summed E-state index contributed by atoms with van der Waals surface area (Å²) in [6, 6.07) is 5.28. The van der Waals surface area contributed by atoms with Gasteiger partial charge in [-0.2, -0.15) is 0 Å².